The van der Waals surface area contributed by atoms with Crippen LogP contribution in [0.25, 0.3) is 0 Å². The van der Waals surface area contributed by atoms with Crippen molar-refractivity contribution < 1.29 is 62.1 Å². The summed E-state index contributed by atoms with van der Waals surface area (Å²) in [7, 11) is 9.83. The topological polar surface area (TPSA) is 368 Å². The molecule has 31 nitrogen and oxygen atoms in total. The summed E-state index contributed by atoms with van der Waals surface area (Å²) in [5, 5.41) is 33.7. The van der Waals surface area contributed by atoms with Crippen molar-refractivity contribution >= 4 is 114 Å². The Kier molecular flexibility index (Phi) is 39.1. The number of nitrogen functional groups attached to an aromatic ring is 2. The van der Waals surface area contributed by atoms with Gasteiger partial charge in [-0.25, -0.2) is 9.97 Å². The minimum Gasteiger partial charge on any atom is -0.490 e. The van der Waals surface area contributed by atoms with Crippen molar-refractivity contribution in [2.75, 3.05) is 199 Å². The highest BCUT2D eigenvalue weighted by Gasteiger charge is 2.25. The molecule has 2 aromatic heterocycles. The lowest BCUT2D eigenvalue weighted by molar-refractivity contribution is -0.385. The number of hydrogen-bond donors (Lipinski definition) is 6. The molecule has 8 N–H and O–H groups in total. The molecule has 0 saturated carbocycles. The first kappa shape index (κ1) is 93.6. The molecule has 0 bridgehead atoms. The standard InChI is InChI=1S/C25H27N5O3.C14H12ClN3O3.C11H14N2O3.2C11H16N2O.C8H8N2O2.C4H8O.C3H7BrO/c1-4-12-30-13-11-17-14-19(9-10-21(17)30)28-25-26-16-22(32-3)24(29-25)33-20-8-6-7-18(15-20)27-23(31)5-2;1-3-12(19)17-9-5-4-6-10(7-9)21-13-11(20-2)8-16-14(15)18-13;1-16-7-6-12-5-4-9-8-10(13(14)15)2-3-11(9)12;2*1-14-7-6-13-5-4-9-8-10(12)2-3-11(9)13;11-10(12)7-1-2-8-6(5-7)3-4-9-8;1-2-4-5-3-1;1-5-3-2-4/h5-10,14-16H,2,4,11-13H2,1,3H3,(H,27,31)(H,26,28,29);3-8H,1H2,2H3,(H,17,19);2-3,8H,4-7H2,1H3;2*2-3,8H,4-7,12H2,1H3;1-2,5,9H,3-4H2;1-4H2;2-3H2,1H3. The number of rotatable bonds is 27. The summed E-state index contributed by atoms with van der Waals surface area (Å²) < 4.78 is 46.8. The van der Waals surface area contributed by atoms with Gasteiger partial charge in [0.15, 0.2) is 11.5 Å². The number of anilines is 11. The summed E-state index contributed by atoms with van der Waals surface area (Å²) in [5.74, 6) is 1.93. The van der Waals surface area contributed by atoms with E-state index in [1.54, 1.807) is 107 Å². The average molecular weight is 1730 g/mol. The van der Waals surface area contributed by atoms with Crippen LogP contribution >= 0.6 is 27.5 Å². The molecule has 15 rings (SSSR count). The molecule has 6 aliphatic rings. The van der Waals surface area contributed by atoms with E-state index in [0.29, 0.717) is 46.9 Å². The maximum Gasteiger partial charge on any atom is 0.269 e. The summed E-state index contributed by atoms with van der Waals surface area (Å²) in [6.45, 7) is 22.9. The van der Waals surface area contributed by atoms with Crippen molar-refractivity contribution in [1.29, 1.82) is 0 Å². The number of amides is 2. The van der Waals surface area contributed by atoms with E-state index < -0.39 is 0 Å². The molecule has 0 spiro atoms. The second-order valence-electron chi connectivity index (χ2n) is 27.2. The number of nitro benzene ring substituents is 2. The summed E-state index contributed by atoms with van der Waals surface area (Å²) in [6.07, 6.45) is 14.0. The van der Waals surface area contributed by atoms with Crippen LogP contribution in [0.5, 0.6) is 34.8 Å². The second-order valence-corrected chi connectivity index (χ2v) is 28.4. The lowest BCUT2D eigenvalue weighted by Crippen LogP contribution is -2.24. The first-order valence-corrected chi connectivity index (χ1v) is 40.7. The van der Waals surface area contributed by atoms with Crippen LogP contribution in [0, 0.1) is 20.2 Å². The summed E-state index contributed by atoms with van der Waals surface area (Å²) in [5.41, 5.74) is 27.8. The number of aromatic nitrogens is 4. The molecule has 0 unspecified atom stereocenters. The van der Waals surface area contributed by atoms with E-state index >= 15 is 0 Å². The largest absolute Gasteiger partial charge is 0.490 e. The van der Waals surface area contributed by atoms with Gasteiger partial charge in [0.05, 0.1) is 62.9 Å². The van der Waals surface area contributed by atoms with Crippen LogP contribution in [0.4, 0.5) is 74.2 Å². The molecule has 1 saturated heterocycles. The van der Waals surface area contributed by atoms with Gasteiger partial charge in [0.25, 0.3) is 23.1 Å². The lowest BCUT2D eigenvalue weighted by atomic mass is 10.1. The van der Waals surface area contributed by atoms with Gasteiger partial charge in [-0.2, -0.15) is 9.97 Å². The third kappa shape index (κ3) is 29.6. The molecule has 0 aliphatic carbocycles. The Morgan fingerprint density at radius 2 is 0.992 bits per heavy atom. The zero-order valence-corrected chi connectivity index (χ0v) is 71.3. The van der Waals surface area contributed by atoms with E-state index in [9.17, 15) is 29.8 Å². The molecule has 1 fully saturated rings. The van der Waals surface area contributed by atoms with E-state index in [1.165, 1.54) is 85.2 Å². The molecule has 2 amide bonds. The number of halogens is 2. The van der Waals surface area contributed by atoms with Gasteiger partial charge in [0.1, 0.15) is 11.5 Å². The highest BCUT2D eigenvalue weighted by molar-refractivity contribution is 9.09. The zero-order valence-electron chi connectivity index (χ0n) is 69.0. The molecule has 8 heterocycles. The van der Waals surface area contributed by atoms with Crippen molar-refractivity contribution in [1.82, 2.24) is 19.9 Å². The number of alkyl halides is 1. The van der Waals surface area contributed by atoms with Crippen LogP contribution < -0.4 is 71.3 Å². The van der Waals surface area contributed by atoms with E-state index in [0.717, 1.165) is 175 Å². The molecule has 120 heavy (non-hydrogen) atoms. The van der Waals surface area contributed by atoms with Gasteiger partial charge < -0.3 is 95.0 Å². The highest BCUT2D eigenvalue weighted by Crippen LogP contribution is 2.37. The Morgan fingerprint density at radius 1 is 0.550 bits per heavy atom. The fraction of sp³-hybridized carbons (Fsp3) is 0.356. The summed E-state index contributed by atoms with van der Waals surface area (Å²) in [4.78, 5) is 69.0. The van der Waals surface area contributed by atoms with Crippen molar-refractivity contribution in [3.63, 3.8) is 0 Å². The van der Waals surface area contributed by atoms with Gasteiger partial charge >= 0.3 is 0 Å². The number of hydrogen-bond acceptors (Lipinski definition) is 27. The predicted octanol–water partition coefficient (Wildman–Crippen LogP) is 15.5. The van der Waals surface area contributed by atoms with Gasteiger partial charge in [-0.05, 0) is 194 Å². The van der Waals surface area contributed by atoms with Gasteiger partial charge in [0, 0.05) is 199 Å². The number of carbonyl (C=O) groups excluding carboxylic acids is 2. The number of fused-ring (bicyclic) bond motifs is 5. The monoisotopic (exact) mass is 1730 g/mol. The van der Waals surface area contributed by atoms with Crippen LogP contribution in [-0.4, -0.2) is 188 Å². The number of benzene rings is 7. The minimum absolute atomic E-state index is 0.0434. The van der Waals surface area contributed by atoms with E-state index in [2.05, 4.69) is 138 Å². The molecule has 0 atom stereocenters. The van der Waals surface area contributed by atoms with Crippen LogP contribution in [-0.2, 0) is 65.4 Å². The predicted molar refractivity (Wildman–Crippen MR) is 478 cm³/mol. The molecule has 7 aromatic carbocycles. The van der Waals surface area contributed by atoms with Crippen LogP contribution in [0.3, 0.4) is 0 Å². The van der Waals surface area contributed by atoms with Crippen molar-refractivity contribution in [3.8, 4) is 34.8 Å². The van der Waals surface area contributed by atoms with Crippen molar-refractivity contribution in [2.24, 2.45) is 0 Å². The Balaban J connectivity index is 0.000000181. The van der Waals surface area contributed by atoms with Crippen molar-refractivity contribution in [3.05, 3.63) is 231 Å². The van der Waals surface area contributed by atoms with Crippen molar-refractivity contribution in [2.45, 2.75) is 58.3 Å². The van der Waals surface area contributed by atoms with Gasteiger partial charge in [-0.1, -0.05) is 48.1 Å². The first-order chi connectivity index (χ1) is 58.2. The van der Waals surface area contributed by atoms with Crippen LogP contribution in [0.1, 0.15) is 54.0 Å². The molecule has 33 heteroatoms. The maximum atomic E-state index is 11.6. The summed E-state index contributed by atoms with van der Waals surface area (Å²) in [6, 6.07) is 42.4. The number of nitrogens with zero attached hydrogens (tertiary/aromatic N) is 10. The minimum atomic E-state index is -0.362. The SMILES string of the molecule is C1CCOC1.C=CC(=O)Nc1cccc(Oc2nc(Cl)ncc2OC)c1.C=CC(=O)Nc1cccc(Oc2nc(Nc3ccc4c(c3)CCN4CCC)ncc2OC)c1.COCCBr.COCCN1CCc2cc(N)ccc21.COCCN1CCc2cc(N)ccc21.COCCN1CCc2cc([N+](=O)[O-])ccc21.O=[N+]([O-])c1ccc2c(c1)CCN2. The quantitative estimate of drug-likeness (QED) is 0.00695. The molecule has 640 valence electrons. The second kappa shape index (κ2) is 50.1. The number of non-ortho nitro benzene ring substituents is 2. The Hall–Kier alpha value is -11.9. The smallest absolute Gasteiger partial charge is 0.269 e. The zero-order chi connectivity index (χ0) is 86.1. The molecule has 6 aliphatic heterocycles. The molecule has 9 aromatic rings. The first-order valence-electron chi connectivity index (χ1n) is 39.2. The summed E-state index contributed by atoms with van der Waals surface area (Å²) >= 11 is 8.92. The number of nitro groups is 2. The molecular formula is C87H108BrClN16O15. The average Bonchev–Trinajstić information content (AvgIpc) is 1.64. The van der Waals surface area contributed by atoms with Gasteiger partial charge in [-0.3, -0.25) is 29.8 Å². The molecular weight excluding hydrogens is 1620 g/mol. The Morgan fingerprint density at radius 3 is 1.43 bits per heavy atom. The van der Waals surface area contributed by atoms with E-state index in [1.807, 2.05) is 24.3 Å². The van der Waals surface area contributed by atoms with Gasteiger partial charge in [0.2, 0.25) is 23.0 Å². The van der Waals surface area contributed by atoms with Gasteiger partial charge in [-0.15, -0.1) is 0 Å². The maximum absolute atomic E-state index is 11.6. The number of ether oxygens (including phenoxy) is 9. The third-order valence-electron chi connectivity index (χ3n) is 18.9. The number of nitrogens with two attached hydrogens (primary N) is 2. The van der Waals surface area contributed by atoms with Crippen LogP contribution in [0.2, 0.25) is 5.28 Å². The number of nitrogens with one attached hydrogen (secondary N) is 4. The number of methoxy groups -OCH3 is 6. The Labute approximate surface area is 714 Å². The highest BCUT2D eigenvalue weighted by atomic mass is 79.9. The molecule has 0 radical (unpaired) electrons. The van der Waals surface area contributed by atoms with Crippen LogP contribution in [0.15, 0.2) is 177 Å². The lowest BCUT2D eigenvalue weighted by Gasteiger charge is -2.18. The third-order valence-corrected chi connectivity index (χ3v) is 19.5. The number of carbonyl (C=O) groups is 2. The normalized spacial score (nSPS) is 13.0. The fourth-order valence-corrected chi connectivity index (χ4v) is 13.5. The van der Waals surface area contributed by atoms with E-state index in [-0.39, 0.29) is 50.1 Å². The fourth-order valence-electron chi connectivity index (χ4n) is 13.1. The van der Waals surface area contributed by atoms with E-state index in [4.69, 9.17) is 61.0 Å². The Bertz CT molecular complexity index is 4740.